The molecule has 0 spiro atoms. The molecule has 1 aliphatic carbocycles. The molecule has 0 bridgehead atoms. The number of nitrogens with zero attached hydrogens (tertiary/aromatic N) is 1. The first-order valence-electron chi connectivity index (χ1n) is 5.94. The van der Waals surface area contributed by atoms with E-state index in [9.17, 15) is 4.79 Å². The molecule has 0 unspecified atom stereocenters. The van der Waals surface area contributed by atoms with Crippen molar-refractivity contribution in [1.29, 1.82) is 0 Å². The average Bonchev–Trinajstić information content (AvgIpc) is 2.67. The van der Waals surface area contributed by atoms with E-state index in [1.54, 1.807) is 0 Å². The van der Waals surface area contributed by atoms with Gasteiger partial charge in [0.2, 0.25) is 0 Å². The Hall–Kier alpha value is -1.06. The van der Waals surface area contributed by atoms with Crippen LogP contribution in [-0.4, -0.2) is 15.2 Å². The van der Waals surface area contributed by atoms with Gasteiger partial charge in [-0.3, -0.25) is 4.98 Å². The summed E-state index contributed by atoms with van der Waals surface area (Å²) >= 11 is 0. The van der Waals surface area contributed by atoms with E-state index in [-0.39, 0.29) is 5.69 Å². The molecular formula is C11H19N3O. The molecule has 2 N–H and O–H groups in total. The molecule has 0 aliphatic heterocycles. The zero-order valence-electron chi connectivity index (χ0n) is 9.25. The van der Waals surface area contributed by atoms with E-state index in [0.29, 0.717) is 5.92 Å². The van der Waals surface area contributed by atoms with Crippen LogP contribution in [0, 0.1) is 5.92 Å². The standard InChI is InChI=1S/C11H19N3O/c1-2-3-8-4-6-9(7-5-8)10-12-11(15)14-13-10/h8-9H,2-7H2,1H3,(H2,12,13,14,15). The Morgan fingerprint density at radius 3 is 2.60 bits per heavy atom. The summed E-state index contributed by atoms with van der Waals surface area (Å²) in [5.41, 5.74) is -0.180. The van der Waals surface area contributed by atoms with Crippen LogP contribution in [0.3, 0.4) is 0 Å². The lowest BCUT2D eigenvalue weighted by molar-refractivity contribution is 0.302. The zero-order chi connectivity index (χ0) is 10.7. The van der Waals surface area contributed by atoms with E-state index in [1.165, 1.54) is 38.5 Å². The topological polar surface area (TPSA) is 61.5 Å². The molecule has 1 aromatic heterocycles. The normalized spacial score (nSPS) is 26.7. The SMILES string of the molecule is CCCC1CCC(c2n[nH]c(=O)[nH]2)CC1. The van der Waals surface area contributed by atoms with E-state index >= 15 is 0 Å². The predicted octanol–water partition coefficient (Wildman–Crippen LogP) is 2.17. The highest BCUT2D eigenvalue weighted by molar-refractivity contribution is 4.95. The zero-order valence-corrected chi connectivity index (χ0v) is 9.25. The minimum Gasteiger partial charge on any atom is -0.293 e. The summed E-state index contributed by atoms with van der Waals surface area (Å²) in [6.45, 7) is 2.25. The predicted molar refractivity (Wildman–Crippen MR) is 58.8 cm³/mol. The van der Waals surface area contributed by atoms with Gasteiger partial charge in [-0.1, -0.05) is 19.8 Å². The first kappa shape index (κ1) is 10.5. The first-order valence-corrected chi connectivity index (χ1v) is 5.94. The van der Waals surface area contributed by atoms with Gasteiger partial charge in [-0.05, 0) is 31.6 Å². The van der Waals surface area contributed by atoms with Crippen molar-refractivity contribution in [3.05, 3.63) is 16.3 Å². The van der Waals surface area contributed by atoms with E-state index in [1.807, 2.05) is 0 Å². The fourth-order valence-corrected chi connectivity index (χ4v) is 2.61. The van der Waals surface area contributed by atoms with Gasteiger partial charge < -0.3 is 0 Å². The highest BCUT2D eigenvalue weighted by atomic mass is 16.1. The highest BCUT2D eigenvalue weighted by Crippen LogP contribution is 2.35. The summed E-state index contributed by atoms with van der Waals surface area (Å²) in [5.74, 6) is 2.23. The van der Waals surface area contributed by atoms with Crippen LogP contribution in [0.15, 0.2) is 4.79 Å². The maximum absolute atomic E-state index is 10.9. The lowest BCUT2D eigenvalue weighted by Gasteiger charge is -2.26. The minimum absolute atomic E-state index is 0.180. The molecule has 1 heterocycles. The number of aromatic nitrogens is 3. The van der Waals surface area contributed by atoms with Gasteiger partial charge in [0.15, 0.2) is 0 Å². The number of nitrogens with one attached hydrogen (secondary N) is 2. The smallest absolute Gasteiger partial charge is 0.293 e. The Bertz CT molecular complexity index is 347. The number of rotatable bonds is 3. The lowest BCUT2D eigenvalue weighted by Crippen LogP contribution is -2.14. The number of hydrogen-bond acceptors (Lipinski definition) is 2. The number of aromatic amines is 2. The molecule has 1 aliphatic rings. The molecule has 4 nitrogen and oxygen atoms in total. The molecular weight excluding hydrogens is 190 g/mol. The van der Waals surface area contributed by atoms with Crippen molar-refractivity contribution in [2.45, 2.75) is 51.4 Å². The first-order chi connectivity index (χ1) is 7.29. The quantitative estimate of drug-likeness (QED) is 0.801. The third kappa shape index (κ3) is 2.49. The van der Waals surface area contributed by atoms with Crippen LogP contribution in [0.4, 0.5) is 0 Å². The molecule has 84 valence electrons. The van der Waals surface area contributed by atoms with Crippen LogP contribution < -0.4 is 5.69 Å². The fraction of sp³-hybridized carbons (Fsp3) is 0.818. The van der Waals surface area contributed by atoms with Crippen molar-refractivity contribution < 1.29 is 0 Å². The Labute approximate surface area is 89.5 Å². The highest BCUT2D eigenvalue weighted by Gasteiger charge is 2.23. The van der Waals surface area contributed by atoms with Crippen LogP contribution in [0.5, 0.6) is 0 Å². The van der Waals surface area contributed by atoms with E-state index in [2.05, 4.69) is 22.1 Å². The average molecular weight is 209 g/mol. The second-order valence-corrected chi connectivity index (χ2v) is 4.57. The van der Waals surface area contributed by atoms with Crippen molar-refractivity contribution in [1.82, 2.24) is 15.2 Å². The number of hydrogen-bond donors (Lipinski definition) is 2. The molecule has 0 radical (unpaired) electrons. The van der Waals surface area contributed by atoms with Crippen LogP contribution in [0.1, 0.15) is 57.2 Å². The third-order valence-corrected chi connectivity index (χ3v) is 3.45. The van der Waals surface area contributed by atoms with Gasteiger partial charge in [0, 0.05) is 5.92 Å². The molecule has 1 fully saturated rings. The minimum atomic E-state index is -0.180. The monoisotopic (exact) mass is 209 g/mol. The summed E-state index contributed by atoms with van der Waals surface area (Å²) in [4.78, 5) is 13.7. The molecule has 1 saturated carbocycles. The molecule has 0 saturated heterocycles. The third-order valence-electron chi connectivity index (χ3n) is 3.45. The van der Waals surface area contributed by atoms with Gasteiger partial charge in [0.25, 0.3) is 0 Å². The van der Waals surface area contributed by atoms with Gasteiger partial charge >= 0.3 is 5.69 Å². The molecule has 0 aromatic carbocycles. The fourth-order valence-electron chi connectivity index (χ4n) is 2.61. The van der Waals surface area contributed by atoms with E-state index in [4.69, 9.17) is 0 Å². The van der Waals surface area contributed by atoms with Gasteiger partial charge in [-0.2, -0.15) is 5.10 Å². The molecule has 0 atom stereocenters. The van der Waals surface area contributed by atoms with Crippen molar-refractivity contribution >= 4 is 0 Å². The van der Waals surface area contributed by atoms with Gasteiger partial charge in [-0.25, -0.2) is 9.89 Å². The summed E-state index contributed by atoms with van der Waals surface area (Å²) in [5, 5.41) is 6.46. The second-order valence-electron chi connectivity index (χ2n) is 4.57. The van der Waals surface area contributed by atoms with E-state index in [0.717, 1.165) is 11.7 Å². The van der Waals surface area contributed by atoms with Gasteiger partial charge in [0.05, 0.1) is 0 Å². The summed E-state index contributed by atoms with van der Waals surface area (Å²) in [7, 11) is 0. The molecule has 1 aromatic rings. The van der Waals surface area contributed by atoms with Crippen LogP contribution in [0.25, 0.3) is 0 Å². The maximum atomic E-state index is 10.9. The second kappa shape index (κ2) is 4.64. The van der Waals surface area contributed by atoms with Crippen LogP contribution in [-0.2, 0) is 0 Å². The summed E-state index contributed by atoms with van der Waals surface area (Å²) in [6.07, 6.45) is 7.55. The van der Waals surface area contributed by atoms with Gasteiger partial charge in [-0.15, -0.1) is 0 Å². The van der Waals surface area contributed by atoms with Crippen molar-refractivity contribution in [2.75, 3.05) is 0 Å². The molecule has 2 rings (SSSR count). The Morgan fingerprint density at radius 2 is 2.07 bits per heavy atom. The summed E-state index contributed by atoms with van der Waals surface area (Å²) in [6, 6.07) is 0. The van der Waals surface area contributed by atoms with Crippen LogP contribution >= 0.6 is 0 Å². The van der Waals surface area contributed by atoms with Crippen molar-refractivity contribution in [3.63, 3.8) is 0 Å². The van der Waals surface area contributed by atoms with Crippen molar-refractivity contribution in [3.8, 4) is 0 Å². The maximum Gasteiger partial charge on any atom is 0.340 e. The number of H-pyrrole nitrogens is 2. The Morgan fingerprint density at radius 1 is 1.33 bits per heavy atom. The van der Waals surface area contributed by atoms with Crippen LogP contribution in [0.2, 0.25) is 0 Å². The van der Waals surface area contributed by atoms with Crippen molar-refractivity contribution in [2.24, 2.45) is 5.92 Å². The van der Waals surface area contributed by atoms with E-state index < -0.39 is 0 Å². The molecule has 15 heavy (non-hydrogen) atoms. The Kier molecular flexibility index (Phi) is 3.23. The Balaban J connectivity index is 1.91. The summed E-state index contributed by atoms with van der Waals surface area (Å²) < 4.78 is 0. The largest absolute Gasteiger partial charge is 0.340 e. The van der Waals surface area contributed by atoms with Gasteiger partial charge in [0.1, 0.15) is 5.82 Å². The lowest BCUT2D eigenvalue weighted by atomic mass is 9.80. The molecule has 0 amide bonds. The molecule has 4 heteroatoms.